The van der Waals surface area contributed by atoms with E-state index < -0.39 is 0 Å². The van der Waals surface area contributed by atoms with Crippen LogP contribution >= 0.6 is 0 Å². The third-order valence-electron chi connectivity index (χ3n) is 6.28. The van der Waals surface area contributed by atoms with Gasteiger partial charge in [-0.15, -0.1) is 0 Å². The second-order valence-electron chi connectivity index (χ2n) is 8.78. The lowest BCUT2D eigenvalue weighted by Crippen LogP contribution is -2.48. The van der Waals surface area contributed by atoms with Crippen LogP contribution in [0.4, 0.5) is 5.69 Å². The predicted octanol–water partition coefficient (Wildman–Crippen LogP) is 2.77. The molecule has 0 saturated carbocycles. The number of carbonyl (C=O) groups excluding carboxylic acids is 2. The van der Waals surface area contributed by atoms with Crippen LogP contribution in [0.2, 0.25) is 0 Å². The molecule has 3 N–H and O–H groups in total. The van der Waals surface area contributed by atoms with E-state index in [1.165, 1.54) is 7.11 Å². The van der Waals surface area contributed by atoms with Gasteiger partial charge in [-0.25, -0.2) is 0 Å². The number of hydrogen-bond donors (Lipinski definition) is 2. The first-order chi connectivity index (χ1) is 15.9. The Morgan fingerprint density at radius 2 is 1.94 bits per heavy atom. The van der Waals surface area contributed by atoms with E-state index in [1.54, 1.807) is 25.3 Å². The molecule has 1 heterocycles. The fourth-order valence-corrected chi connectivity index (χ4v) is 4.46. The average Bonchev–Trinajstić information content (AvgIpc) is 2.82. The van der Waals surface area contributed by atoms with E-state index in [1.807, 2.05) is 4.90 Å². The molecule has 0 aromatic heterocycles. The standard InChI is InChI=1S/C25H42N4O4/c1-5-12-29(13-6-2)24(30)8-7-14-28-15-11-19(23(18-28)33-4)17-27-25(31)21-10-9-20(26)16-22(21)32-3/h9-10,16,19,23H,5-8,11-15,17-18,26H2,1-4H3,(H,27,31)/t19-,23-/m0/s1. The molecular weight excluding hydrogens is 420 g/mol. The summed E-state index contributed by atoms with van der Waals surface area (Å²) in [6.07, 6.45) is 4.42. The van der Waals surface area contributed by atoms with Crippen molar-refractivity contribution < 1.29 is 19.1 Å². The molecule has 186 valence electrons. The summed E-state index contributed by atoms with van der Waals surface area (Å²) in [6.45, 7) is 9.09. The van der Waals surface area contributed by atoms with Gasteiger partial charge in [-0.05, 0) is 50.9 Å². The molecule has 1 fully saturated rings. The highest BCUT2D eigenvalue weighted by Crippen LogP contribution is 2.23. The summed E-state index contributed by atoms with van der Waals surface area (Å²) in [7, 11) is 3.25. The normalized spacial score (nSPS) is 18.7. The minimum atomic E-state index is -0.175. The van der Waals surface area contributed by atoms with Gasteiger partial charge in [-0.2, -0.15) is 0 Å². The molecule has 33 heavy (non-hydrogen) atoms. The van der Waals surface area contributed by atoms with Crippen LogP contribution < -0.4 is 15.8 Å². The number of methoxy groups -OCH3 is 2. The number of likely N-dealkylation sites (tertiary alicyclic amines) is 1. The Kier molecular flexibility index (Phi) is 11.5. The first-order valence-corrected chi connectivity index (χ1v) is 12.2. The van der Waals surface area contributed by atoms with E-state index in [0.29, 0.717) is 30.0 Å². The molecule has 0 radical (unpaired) electrons. The molecule has 8 nitrogen and oxygen atoms in total. The van der Waals surface area contributed by atoms with Crippen LogP contribution in [0.1, 0.15) is 56.3 Å². The van der Waals surface area contributed by atoms with Gasteiger partial charge >= 0.3 is 0 Å². The first kappa shape index (κ1) is 26.9. The second kappa shape index (κ2) is 14.1. The number of nitrogens with one attached hydrogen (secondary N) is 1. The molecule has 2 rings (SSSR count). The molecule has 1 aliphatic rings. The molecule has 1 aromatic carbocycles. The topological polar surface area (TPSA) is 97.1 Å². The molecule has 2 amide bonds. The monoisotopic (exact) mass is 462 g/mol. The van der Waals surface area contributed by atoms with Crippen molar-refractivity contribution in [2.24, 2.45) is 5.92 Å². The Morgan fingerprint density at radius 3 is 2.58 bits per heavy atom. The van der Waals surface area contributed by atoms with Crippen molar-refractivity contribution >= 4 is 17.5 Å². The number of benzene rings is 1. The summed E-state index contributed by atoms with van der Waals surface area (Å²) in [4.78, 5) is 29.5. The Morgan fingerprint density at radius 1 is 1.21 bits per heavy atom. The molecule has 0 aliphatic carbocycles. The van der Waals surface area contributed by atoms with Crippen LogP contribution in [0.15, 0.2) is 18.2 Å². The maximum absolute atomic E-state index is 12.7. The minimum absolute atomic E-state index is 0.0414. The lowest BCUT2D eigenvalue weighted by molar-refractivity contribution is -0.131. The maximum Gasteiger partial charge on any atom is 0.255 e. The number of hydrogen-bond acceptors (Lipinski definition) is 6. The molecule has 1 aliphatic heterocycles. The van der Waals surface area contributed by atoms with E-state index in [0.717, 1.165) is 58.4 Å². The largest absolute Gasteiger partial charge is 0.496 e. The first-order valence-electron chi connectivity index (χ1n) is 12.2. The van der Waals surface area contributed by atoms with Crippen molar-refractivity contribution in [2.45, 2.75) is 52.1 Å². The Labute approximate surface area is 198 Å². The van der Waals surface area contributed by atoms with Crippen LogP contribution in [0.3, 0.4) is 0 Å². The zero-order valence-corrected chi connectivity index (χ0v) is 20.8. The SMILES string of the molecule is CCCN(CCC)C(=O)CCCN1CC[C@@H](CNC(=O)c2ccc(N)cc2OC)[C@@H](OC)C1. The van der Waals surface area contributed by atoms with Crippen molar-refractivity contribution in [3.63, 3.8) is 0 Å². The summed E-state index contributed by atoms with van der Waals surface area (Å²) in [5.41, 5.74) is 6.81. The van der Waals surface area contributed by atoms with E-state index in [2.05, 4.69) is 24.1 Å². The number of ether oxygens (including phenoxy) is 2. The quantitative estimate of drug-likeness (QED) is 0.438. The number of amides is 2. The number of rotatable bonds is 13. The third-order valence-corrected chi connectivity index (χ3v) is 6.28. The zero-order valence-electron chi connectivity index (χ0n) is 20.8. The molecule has 0 bridgehead atoms. The lowest BCUT2D eigenvalue weighted by Gasteiger charge is -2.38. The van der Waals surface area contributed by atoms with Crippen molar-refractivity contribution in [3.05, 3.63) is 23.8 Å². The van der Waals surface area contributed by atoms with E-state index in [-0.39, 0.29) is 23.8 Å². The van der Waals surface area contributed by atoms with Gasteiger partial charge in [-0.1, -0.05) is 13.8 Å². The molecule has 0 unspecified atom stereocenters. The smallest absolute Gasteiger partial charge is 0.255 e. The highest BCUT2D eigenvalue weighted by atomic mass is 16.5. The van der Waals surface area contributed by atoms with Crippen molar-refractivity contribution in [2.75, 3.05) is 59.2 Å². The van der Waals surface area contributed by atoms with Gasteiger partial charge in [0.1, 0.15) is 5.75 Å². The van der Waals surface area contributed by atoms with Gasteiger partial charge < -0.3 is 30.3 Å². The Bertz CT molecular complexity index is 752. The summed E-state index contributed by atoms with van der Waals surface area (Å²) >= 11 is 0. The maximum atomic E-state index is 12.7. The Balaban J connectivity index is 1.80. The number of nitrogens with zero attached hydrogens (tertiary/aromatic N) is 2. The summed E-state index contributed by atoms with van der Waals surface area (Å²) in [6, 6.07) is 5.03. The third kappa shape index (κ3) is 8.19. The van der Waals surface area contributed by atoms with Crippen LogP contribution in [0, 0.1) is 5.92 Å². The van der Waals surface area contributed by atoms with Crippen molar-refractivity contribution in [3.8, 4) is 5.75 Å². The number of carbonyl (C=O) groups is 2. The van der Waals surface area contributed by atoms with Crippen LogP contribution in [-0.2, 0) is 9.53 Å². The van der Waals surface area contributed by atoms with E-state index in [4.69, 9.17) is 15.2 Å². The highest BCUT2D eigenvalue weighted by Gasteiger charge is 2.29. The zero-order chi connectivity index (χ0) is 24.2. The number of anilines is 1. The number of nitrogen functional groups attached to an aromatic ring is 1. The highest BCUT2D eigenvalue weighted by molar-refractivity contribution is 5.97. The van der Waals surface area contributed by atoms with Gasteiger partial charge in [0.25, 0.3) is 5.91 Å². The van der Waals surface area contributed by atoms with Gasteiger partial charge in [0.05, 0.1) is 18.8 Å². The van der Waals surface area contributed by atoms with E-state index >= 15 is 0 Å². The van der Waals surface area contributed by atoms with Crippen molar-refractivity contribution in [1.82, 2.24) is 15.1 Å². The van der Waals surface area contributed by atoms with Gasteiger partial charge in [0.2, 0.25) is 5.91 Å². The van der Waals surface area contributed by atoms with E-state index in [9.17, 15) is 9.59 Å². The molecule has 1 aromatic rings. The lowest BCUT2D eigenvalue weighted by atomic mass is 9.93. The average molecular weight is 463 g/mol. The Hall–Kier alpha value is -2.32. The van der Waals surface area contributed by atoms with Crippen molar-refractivity contribution in [1.29, 1.82) is 0 Å². The molecule has 0 spiro atoms. The molecule has 2 atom stereocenters. The molecule has 1 saturated heterocycles. The minimum Gasteiger partial charge on any atom is -0.496 e. The second-order valence-corrected chi connectivity index (χ2v) is 8.78. The number of piperidine rings is 1. The summed E-state index contributed by atoms with van der Waals surface area (Å²) < 4.78 is 11.0. The predicted molar refractivity (Wildman–Crippen MR) is 131 cm³/mol. The summed E-state index contributed by atoms with van der Waals surface area (Å²) in [5, 5.41) is 3.03. The fourth-order valence-electron chi connectivity index (χ4n) is 4.46. The molecular formula is C25H42N4O4. The van der Waals surface area contributed by atoms with Crippen LogP contribution in [0.25, 0.3) is 0 Å². The summed E-state index contributed by atoms with van der Waals surface area (Å²) in [5.74, 6) is 0.793. The van der Waals surface area contributed by atoms with Crippen LogP contribution in [-0.4, -0.2) is 81.2 Å². The molecule has 8 heteroatoms. The number of nitrogens with two attached hydrogens (primary N) is 1. The van der Waals surface area contributed by atoms with Gasteiger partial charge in [0, 0.05) is 57.4 Å². The van der Waals surface area contributed by atoms with Gasteiger partial charge in [-0.3, -0.25) is 9.59 Å². The van der Waals surface area contributed by atoms with Gasteiger partial charge in [0.15, 0.2) is 0 Å². The van der Waals surface area contributed by atoms with Crippen LogP contribution in [0.5, 0.6) is 5.75 Å². The fraction of sp³-hybridized carbons (Fsp3) is 0.680.